The number of carbonyl (C=O) groups is 2. The van der Waals surface area contributed by atoms with Crippen molar-refractivity contribution in [2.45, 2.75) is 39.5 Å². The van der Waals surface area contributed by atoms with E-state index in [4.69, 9.17) is 4.74 Å². The van der Waals surface area contributed by atoms with Crippen molar-refractivity contribution in [2.75, 3.05) is 7.11 Å². The lowest BCUT2D eigenvalue weighted by atomic mass is 10.0. The summed E-state index contributed by atoms with van der Waals surface area (Å²) in [6.07, 6.45) is 2.50. The molecule has 98 valence electrons. The van der Waals surface area contributed by atoms with E-state index in [0.29, 0.717) is 19.3 Å². The molecule has 0 spiro atoms. The molecule has 18 heavy (non-hydrogen) atoms. The fraction of sp³-hybridized carbons (Fsp3) is 0.467. The lowest BCUT2D eigenvalue weighted by Gasteiger charge is -2.10. The molecule has 0 radical (unpaired) electrons. The first-order valence-electron chi connectivity index (χ1n) is 6.17. The van der Waals surface area contributed by atoms with Crippen molar-refractivity contribution >= 4 is 11.6 Å². The van der Waals surface area contributed by atoms with E-state index in [2.05, 4.69) is 0 Å². The number of methoxy groups -OCH3 is 1. The van der Waals surface area contributed by atoms with Crippen molar-refractivity contribution in [1.29, 1.82) is 0 Å². The molecule has 0 aromatic heterocycles. The first kappa shape index (κ1) is 14.4. The number of hydrogen-bond donors (Lipinski definition) is 0. The first-order valence-corrected chi connectivity index (χ1v) is 6.17. The smallest absolute Gasteiger partial charge is 0.130 e. The number of ether oxygens (including phenoxy) is 1. The Bertz CT molecular complexity index is 435. The maximum Gasteiger partial charge on any atom is 0.130 e. The van der Waals surface area contributed by atoms with Crippen LogP contribution in [0.3, 0.4) is 0 Å². The van der Waals surface area contributed by atoms with Crippen molar-refractivity contribution < 1.29 is 14.3 Å². The zero-order valence-electron chi connectivity index (χ0n) is 11.3. The normalized spacial score (nSPS) is 10.2. The Kier molecular flexibility index (Phi) is 5.56. The van der Waals surface area contributed by atoms with Gasteiger partial charge in [0.25, 0.3) is 0 Å². The molecule has 1 aromatic carbocycles. The summed E-state index contributed by atoms with van der Waals surface area (Å²) in [4.78, 5) is 22.0. The minimum Gasteiger partial charge on any atom is -0.496 e. The largest absolute Gasteiger partial charge is 0.496 e. The molecule has 0 amide bonds. The van der Waals surface area contributed by atoms with E-state index in [1.54, 1.807) is 21.0 Å². The first-order chi connectivity index (χ1) is 8.52. The van der Waals surface area contributed by atoms with Gasteiger partial charge in [0, 0.05) is 12.8 Å². The Morgan fingerprint density at radius 2 is 1.67 bits per heavy atom. The molecule has 0 N–H and O–H groups in total. The summed E-state index contributed by atoms with van der Waals surface area (Å²) in [6.45, 7) is 3.19. The van der Waals surface area contributed by atoms with Crippen LogP contribution in [0.4, 0.5) is 0 Å². The fourth-order valence-corrected chi connectivity index (χ4v) is 1.81. The van der Waals surface area contributed by atoms with E-state index in [1.165, 1.54) is 0 Å². The quantitative estimate of drug-likeness (QED) is 0.745. The summed E-state index contributed by atoms with van der Waals surface area (Å²) in [6, 6.07) is 5.91. The predicted octanol–water partition coefficient (Wildman–Crippen LogP) is 2.74. The number of benzene rings is 1. The average molecular weight is 248 g/mol. The van der Waals surface area contributed by atoms with Crippen molar-refractivity contribution in [2.24, 2.45) is 0 Å². The van der Waals surface area contributed by atoms with Crippen LogP contribution in [0.1, 0.15) is 37.8 Å². The summed E-state index contributed by atoms with van der Waals surface area (Å²) in [7, 11) is 1.63. The number of hydrogen-bond acceptors (Lipinski definition) is 3. The monoisotopic (exact) mass is 248 g/mol. The molecule has 0 aliphatic rings. The Morgan fingerprint density at radius 1 is 1.06 bits per heavy atom. The molecule has 3 nitrogen and oxygen atoms in total. The minimum atomic E-state index is 0.172. The number of aryl methyl sites for hydroxylation is 2. The van der Waals surface area contributed by atoms with Crippen molar-refractivity contribution in [1.82, 2.24) is 0 Å². The third-order valence-corrected chi connectivity index (χ3v) is 2.86. The minimum absolute atomic E-state index is 0.172. The van der Waals surface area contributed by atoms with E-state index in [0.717, 1.165) is 23.3 Å². The SMILES string of the molecule is COc1ccc(CCC(C)=O)cc1CCC(C)=O. The highest BCUT2D eigenvalue weighted by Crippen LogP contribution is 2.22. The molecule has 0 heterocycles. The topological polar surface area (TPSA) is 43.4 Å². The van der Waals surface area contributed by atoms with Gasteiger partial charge < -0.3 is 14.3 Å². The Morgan fingerprint density at radius 3 is 2.22 bits per heavy atom. The van der Waals surface area contributed by atoms with Crippen molar-refractivity contribution in [3.63, 3.8) is 0 Å². The molecule has 0 bridgehead atoms. The summed E-state index contributed by atoms with van der Waals surface area (Å²) >= 11 is 0. The van der Waals surface area contributed by atoms with Gasteiger partial charge in [-0.25, -0.2) is 0 Å². The number of Topliss-reactive ketones (excluding diaryl/α,β-unsaturated/α-hetero) is 2. The highest BCUT2D eigenvalue weighted by atomic mass is 16.5. The van der Waals surface area contributed by atoms with Crippen LogP contribution in [0.15, 0.2) is 18.2 Å². The Balaban J connectivity index is 2.80. The highest BCUT2D eigenvalue weighted by molar-refractivity contribution is 5.76. The lowest BCUT2D eigenvalue weighted by Crippen LogP contribution is -2.00. The van der Waals surface area contributed by atoms with E-state index < -0.39 is 0 Å². The van der Waals surface area contributed by atoms with Gasteiger partial charge in [-0.2, -0.15) is 0 Å². The lowest BCUT2D eigenvalue weighted by molar-refractivity contribution is -0.117. The van der Waals surface area contributed by atoms with Gasteiger partial charge in [-0.1, -0.05) is 12.1 Å². The second kappa shape index (κ2) is 6.94. The molecular formula is C15H20O3. The molecule has 3 heteroatoms. The number of ketones is 2. The van der Waals surface area contributed by atoms with Gasteiger partial charge in [-0.15, -0.1) is 0 Å². The van der Waals surface area contributed by atoms with Crippen LogP contribution < -0.4 is 4.74 Å². The summed E-state index contributed by atoms with van der Waals surface area (Å²) < 4.78 is 5.28. The van der Waals surface area contributed by atoms with Gasteiger partial charge in [0.05, 0.1) is 7.11 Å². The van der Waals surface area contributed by atoms with Crippen molar-refractivity contribution in [3.8, 4) is 5.75 Å². The molecular weight excluding hydrogens is 228 g/mol. The zero-order chi connectivity index (χ0) is 13.5. The predicted molar refractivity (Wildman–Crippen MR) is 71.0 cm³/mol. The van der Waals surface area contributed by atoms with Crippen LogP contribution >= 0.6 is 0 Å². The van der Waals surface area contributed by atoms with Gasteiger partial charge in [0.2, 0.25) is 0 Å². The van der Waals surface area contributed by atoms with E-state index in [9.17, 15) is 9.59 Å². The molecule has 0 saturated carbocycles. The van der Waals surface area contributed by atoms with Gasteiger partial charge in [-0.05, 0) is 43.9 Å². The van der Waals surface area contributed by atoms with Gasteiger partial charge >= 0.3 is 0 Å². The maximum atomic E-state index is 11.0. The Labute approximate surface area is 108 Å². The molecule has 1 aromatic rings. The van der Waals surface area contributed by atoms with Crippen molar-refractivity contribution in [3.05, 3.63) is 29.3 Å². The van der Waals surface area contributed by atoms with Crippen LogP contribution in [0.2, 0.25) is 0 Å². The van der Waals surface area contributed by atoms with Crippen LogP contribution in [-0.2, 0) is 22.4 Å². The maximum absolute atomic E-state index is 11.0. The molecule has 0 aliphatic carbocycles. The standard InChI is InChI=1S/C15H20O3/c1-11(16)4-6-13-7-9-15(18-3)14(10-13)8-5-12(2)17/h7,9-10H,4-6,8H2,1-3H3. The van der Waals surface area contributed by atoms with E-state index in [-0.39, 0.29) is 11.6 Å². The van der Waals surface area contributed by atoms with E-state index in [1.807, 2.05) is 18.2 Å². The zero-order valence-corrected chi connectivity index (χ0v) is 11.3. The second-order valence-electron chi connectivity index (χ2n) is 4.55. The van der Waals surface area contributed by atoms with Crippen LogP contribution in [-0.4, -0.2) is 18.7 Å². The summed E-state index contributed by atoms with van der Waals surface area (Å²) in [5.41, 5.74) is 2.15. The highest BCUT2D eigenvalue weighted by Gasteiger charge is 2.06. The average Bonchev–Trinajstić information content (AvgIpc) is 2.33. The number of carbonyl (C=O) groups excluding carboxylic acids is 2. The molecule has 1 rings (SSSR count). The molecule has 0 atom stereocenters. The molecule has 0 fully saturated rings. The van der Waals surface area contributed by atoms with Gasteiger partial charge in [-0.3, -0.25) is 0 Å². The van der Waals surface area contributed by atoms with Crippen LogP contribution in [0.5, 0.6) is 5.75 Å². The molecule has 0 aliphatic heterocycles. The molecule has 0 unspecified atom stereocenters. The third kappa shape index (κ3) is 4.70. The number of rotatable bonds is 7. The van der Waals surface area contributed by atoms with Crippen LogP contribution in [0.25, 0.3) is 0 Å². The van der Waals surface area contributed by atoms with Crippen LogP contribution in [0, 0.1) is 0 Å². The molecule has 0 saturated heterocycles. The summed E-state index contributed by atoms with van der Waals surface area (Å²) in [5.74, 6) is 1.17. The summed E-state index contributed by atoms with van der Waals surface area (Å²) in [5, 5.41) is 0. The third-order valence-electron chi connectivity index (χ3n) is 2.86. The second-order valence-corrected chi connectivity index (χ2v) is 4.55. The van der Waals surface area contributed by atoms with Gasteiger partial charge in [0.15, 0.2) is 0 Å². The van der Waals surface area contributed by atoms with E-state index >= 15 is 0 Å². The van der Waals surface area contributed by atoms with Gasteiger partial charge in [0.1, 0.15) is 17.3 Å². The fourth-order valence-electron chi connectivity index (χ4n) is 1.81. The Hall–Kier alpha value is -1.64.